The smallest absolute Gasteiger partial charge is 0.255 e. The first kappa shape index (κ1) is 15.3. The van der Waals surface area contributed by atoms with E-state index in [1.807, 2.05) is 61.5 Å². The molecular formula is C18H16ClN3O. The summed E-state index contributed by atoms with van der Waals surface area (Å²) in [6, 6.07) is 17.2. The molecule has 2 aromatic carbocycles. The number of carbonyl (C=O) groups excluding carboxylic acids is 1. The van der Waals surface area contributed by atoms with Crippen LogP contribution in [0.2, 0.25) is 5.02 Å². The third kappa shape index (κ3) is 3.27. The summed E-state index contributed by atoms with van der Waals surface area (Å²) in [5.74, 6) is -0.162. The van der Waals surface area contributed by atoms with Crippen molar-refractivity contribution in [3.63, 3.8) is 0 Å². The fourth-order valence-electron chi connectivity index (χ4n) is 2.37. The van der Waals surface area contributed by atoms with Gasteiger partial charge in [0.2, 0.25) is 0 Å². The molecule has 1 N–H and O–H groups in total. The van der Waals surface area contributed by atoms with Crippen LogP contribution in [-0.2, 0) is 6.54 Å². The minimum atomic E-state index is -0.162. The van der Waals surface area contributed by atoms with Gasteiger partial charge in [-0.2, -0.15) is 5.10 Å². The molecule has 0 aliphatic rings. The highest BCUT2D eigenvalue weighted by Gasteiger charge is 2.15. The van der Waals surface area contributed by atoms with E-state index < -0.39 is 0 Å². The van der Waals surface area contributed by atoms with E-state index in [1.165, 1.54) is 0 Å². The number of amides is 1. The van der Waals surface area contributed by atoms with Gasteiger partial charge in [0.25, 0.3) is 5.91 Å². The van der Waals surface area contributed by atoms with Gasteiger partial charge in [-0.15, -0.1) is 0 Å². The third-order valence-electron chi connectivity index (χ3n) is 3.65. The van der Waals surface area contributed by atoms with Crippen LogP contribution in [0.25, 0.3) is 5.69 Å². The van der Waals surface area contributed by atoms with Crippen LogP contribution >= 0.6 is 11.6 Å². The Bertz CT molecular complexity index is 827. The van der Waals surface area contributed by atoms with Gasteiger partial charge in [0.1, 0.15) is 0 Å². The highest BCUT2D eigenvalue weighted by Crippen LogP contribution is 2.16. The normalized spacial score (nSPS) is 10.5. The molecule has 0 bridgehead atoms. The Labute approximate surface area is 139 Å². The molecule has 0 saturated heterocycles. The molecule has 3 aromatic rings. The third-order valence-corrected chi connectivity index (χ3v) is 4.02. The second-order valence-electron chi connectivity index (χ2n) is 5.17. The molecule has 1 aromatic heterocycles. The summed E-state index contributed by atoms with van der Waals surface area (Å²) in [4.78, 5) is 12.4. The fourth-order valence-corrected chi connectivity index (χ4v) is 2.58. The number of halogens is 1. The van der Waals surface area contributed by atoms with Crippen LogP contribution in [0, 0.1) is 6.92 Å². The standard InChI is InChI=1S/C18H16ClN3O/c1-13-16(12-21-22(13)15-8-3-2-4-9-15)18(23)20-11-14-7-5-6-10-17(14)19/h2-10,12H,11H2,1H3,(H,20,23). The van der Waals surface area contributed by atoms with Crippen molar-refractivity contribution < 1.29 is 4.79 Å². The van der Waals surface area contributed by atoms with Gasteiger partial charge >= 0.3 is 0 Å². The van der Waals surface area contributed by atoms with E-state index in [0.717, 1.165) is 16.9 Å². The lowest BCUT2D eigenvalue weighted by molar-refractivity contribution is 0.0950. The Balaban J connectivity index is 1.76. The van der Waals surface area contributed by atoms with Gasteiger partial charge in [0.05, 0.1) is 23.1 Å². The summed E-state index contributed by atoms with van der Waals surface area (Å²) in [5, 5.41) is 7.84. The topological polar surface area (TPSA) is 46.9 Å². The number of carbonyl (C=O) groups is 1. The van der Waals surface area contributed by atoms with Gasteiger partial charge in [-0.25, -0.2) is 4.68 Å². The van der Waals surface area contributed by atoms with E-state index in [4.69, 9.17) is 11.6 Å². The fraction of sp³-hybridized carbons (Fsp3) is 0.111. The number of nitrogens with one attached hydrogen (secondary N) is 1. The number of rotatable bonds is 4. The average Bonchev–Trinajstić information content (AvgIpc) is 2.96. The van der Waals surface area contributed by atoms with Crippen molar-refractivity contribution in [1.29, 1.82) is 0 Å². The van der Waals surface area contributed by atoms with E-state index in [-0.39, 0.29) is 5.91 Å². The summed E-state index contributed by atoms with van der Waals surface area (Å²) in [6.45, 7) is 2.26. The maximum absolute atomic E-state index is 12.4. The molecule has 0 aliphatic heterocycles. The maximum Gasteiger partial charge on any atom is 0.255 e. The molecule has 0 radical (unpaired) electrons. The Morgan fingerprint density at radius 2 is 1.83 bits per heavy atom. The zero-order valence-electron chi connectivity index (χ0n) is 12.7. The van der Waals surface area contributed by atoms with Crippen molar-refractivity contribution in [3.8, 4) is 5.69 Å². The molecule has 0 saturated carbocycles. The Morgan fingerprint density at radius 3 is 2.57 bits per heavy atom. The summed E-state index contributed by atoms with van der Waals surface area (Å²) >= 11 is 6.10. The van der Waals surface area contributed by atoms with Crippen molar-refractivity contribution in [2.75, 3.05) is 0 Å². The van der Waals surface area contributed by atoms with E-state index in [9.17, 15) is 4.79 Å². The summed E-state index contributed by atoms with van der Waals surface area (Å²) in [6.07, 6.45) is 1.59. The van der Waals surface area contributed by atoms with Crippen LogP contribution in [0.3, 0.4) is 0 Å². The Hall–Kier alpha value is -2.59. The van der Waals surface area contributed by atoms with Gasteiger partial charge in [0.15, 0.2) is 0 Å². The quantitative estimate of drug-likeness (QED) is 0.793. The van der Waals surface area contributed by atoms with E-state index in [1.54, 1.807) is 10.9 Å². The molecule has 0 atom stereocenters. The molecule has 0 unspecified atom stereocenters. The van der Waals surface area contributed by atoms with Gasteiger partial charge in [-0.1, -0.05) is 48.0 Å². The number of hydrogen-bond donors (Lipinski definition) is 1. The molecule has 3 rings (SSSR count). The predicted molar refractivity (Wildman–Crippen MR) is 90.9 cm³/mol. The molecule has 0 spiro atoms. The van der Waals surface area contributed by atoms with E-state index >= 15 is 0 Å². The first-order chi connectivity index (χ1) is 11.2. The molecule has 116 valence electrons. The molecule has 23 heavy (non-hydrogen) atoms. The number of benzene rings is 2. The maximum atomic E-state index is 12.4. The predicted octanol–water partition coefficient (Wildman–Crippen LogP) is 3.76. The highest BCUT2D eigenvalue weighted by atomic mass is 35.5. The molecule has 0 aliphatic carbocycles. The van der Waals surface area contributed by atoms with Crippen LogP contribution in [0.5, 0.6) is 0 Å². The van der Waals surface area contributed by atoms with Crippen molar-refractivity contribution in [3.05, 3.63) is 82.6 Å². The van der Waals surface area contributed by atoms with Crippen LogP contribution < -0.4 is 5.32 Å². The second-order valence-corrected chi connectivity index (χ2v) is 5.57. The zero-order chi connectivity index (χ0) is 16.2. The molecule has 5 heteroatoms. The second kappa shape index (κ2) is 6.67. The highest BCUT2D eigenvalue weighted by molar-refractivity contribution is 6.31. The van der Waals surface area contributed by atoms with Crippen molar-refractivity contribution in [1.82, 2.24) is 15.1 Å². The number of para-hydroxylation sites is 1. The van der Waals surface area contributed by atoms with Crippen molar-refractivity contribution >= 4 is 17.5 Å². The van der Waals surface area contributed by atoms with Crippen LogP contribution in [-0.4, -0.2) is 15.7 Å². The van der Waals surface area contributed by atoms with Gasteiger partial charge in [-0.3, -0.25) is 4.79 Å². The Morgan fingerprint density at radius 1 is 1.13 bits per heavy atom. The minimum Gasteiger partial charge on any atom is -0.348 e. The lowest BCUT2D eigenvalue weighted by Crippen LogP contribution is -2.23. The van der Waals surface area contributed by atoms with Crippen molar-refractivity contribution in [2.45, 2.75) is 13.5 Å². The molecule has 0 fully saturated rings. The molecule has 1 amide bonds. The summed E-state index contributed by atoms with van der Waals surface area (Å²) < 4.78 is 1.75. The Kier molecular flexibility index (Phi) is 4.44. The molecule has 1 heterocycles. The van der Waals surface area contributed by atoms with Crippen molar-refractivity contribution in [2.24, 2.45) is 0 Å². The average molecular weight is 326 g/mol. The monoisotopic (exact) mass is 325 g/mol. The minimum absolute atomic E-state index is 0.162. The van der Waals surface area contributed by atoms with Crippen LogP contribution in [0.15, 0.2) is 60.8 Å². The largest absolute Gasteiger partial charge is 0.348 e. The number of nitrogens with zero attached hydrogens (tertiary/aromatic N) is 2. The number of hydrogen-bond acceptors (Lipinski definition) is 2. The SMILES string of the molecule is Cc1c(C(=O)NCc2ccccc2Cl)cnn1-c1ccccc1. The van der Waals surface area contributed by atoms with Crippen LogP contribution in [0.4, 0.5) is 0 Å². The van der Waals surface area contributed by atoms with Crippen LogP contribution in [0.1, 0.15) is 21.6 Å². The molecule has 4 nitrogen and oxygen atoms in total. The van der Waals surface area contributed by atoms with E-state index in [0.29, 0.717) is 17.1 Å². The summed E-state index contributed by atoms with van der Waals surface area (Å²) in [7, 11) is 0. The van der Waals surface area contributed by atoms with Gasteiger partial charge < -0.3 is 5.32 Å². The lowest BCUT2D eigenvalue weighted by Gasteiger charge is -2.07. The molecular weight excluding hydrogens is 310 g/mol. The zero-order valence-corrected chi connectivity index (χ0v) is 13.4. The first-order valence-electron chi connectivity index (χ1n) is 7.28. The van der Waals surface area contributed by atoms with E-state index in [2.05, 4.69) is 10.4 Å². The summed E-state index contributed by atoms with van der Waals surface area (Å²) in [5.41, 5.74) is 3.17. The first-order valence-corrected chi connectivity index (χ1v) is 7.66. The lowest BCUT2D eigenvalue weighted by atomic mass is 10.2. The van der Waals surface area contributed by atoms with Gasteiger partial charge in [-0.05, 0) is 30.7 Å². The van der Waals surface area contributed by atoms with Gasteiger partial charge in [0, 0.05) is 11.6 Å². The number of aromatic nitrogens is 2.